The Morgan fingerprint density at radius 2 is 1.13 bits per heavy atom. The van der Waals surface area contributed by atoms with Crippen molar-refractivity contribution in [3.05, 3.63) is 188 Å². The summed E-state index contributed by atoms with van der Waals surface area (Å²) >= 11 is 0. The molecule has 0 fully saturated rings. The van der Waals surface area contributed by atoms with Gasteiger partial charge in [0.05, 0.1) is 61.0 Å². The number of imidazole rings is 4. The number of aromatic amines is 1. The number of H-pyrrole nitrogens is 1. The number of nitrogens with zero attached hydrogens (tertiary/aromatic N) is 7. The molecule has 0 radical (unpaired) electrons. The minimum absolute atomic E-state index is 0.582. The highest BCUT2D eigenvalue weighted by Crippen LogP contribution is 2.36. The number of hydrogen-bond donors (Lipinski definition) is 1. The Morgan fingerprint density at radius 3 is 1.92 bits per heavy atom. The molecule has 0 spiro atoms. The molecule has 9 nitrogen and oxygen atoms in total. The van der Waals surface area contributed by atoms with E-state index in [2.05, 4.69) is 157 Å². The number of aryl methyl sites for hydroxylation is 1. The molecule has 5 heterocycles. The lowest BCUT2D eigenvalue weighted by molar-refractivity contribution is 0.643. The van der Waals surface area contributed by atoms with Gasteiger partial charge in [0.1, 0.15) is 0 Å². The average molecular weight is 787 g/mol. The first kappa shape index (κ1) is 33.5. The Kier molecular flexibility index (Phi) is 7.03. The molecule has 13 rings (SSSR count). The van der Waals surface area contributed by atoms with E-state index < -0.39 is 0 Å². The molecule has 0 aliphatic carbocycles. The predicted octanol–water partition coefficient (Wildman–Crippen LogP) is 12.0. The molecule has 0 saturated heterocycles. The molecule has 0 amide bonds. The fourth-order valence-corrected chi connectivity index (χ4v) is 9.04. The number of rotatable bonds is 5. The summed E-state index contributed by atoms with van der Waals surface area (Å²) in [4.78, 5) is 18.4. The Labute approximate surface area is 347 Å². The van der Waals surface area contributed by atoms with Crippen molar-refractivity contribution in [2.75, 3.05) is 0 Å². The number of fused-ring (bicyclic) bond motifs is 11. The van der Waals surface area contributed by atoms with Crippen molar-refractivity contribution in [2.24, 2.45) is 12.0 Å². The van der Waals surface area contributed by atoms with Gasteiger partial charge in [0.15, 0.2) is 5.58 Å². The maximum absolute atomic E-state index is 6.12. The van der Waals surface area contributed by atoms with Crippen LogP contribution in [0.15, 0.2) is 191 Å². The fraction of sp³-hybridized carbons (Fsp3) is 0.0192. The van der Waals surface area contributed by atoms with Gasteiger partial charge in [-0.1, -0.05) is 91.0 Å². The smallest absolute Gasteiger partial charge is 0.307 e. The fourth-order valence-electron chi connectivity index (χ4n) is 9.04. The highest BCUT2D eigenvalue weighted by atomic mass is 16.4. The quantitative estimate of drug-likeness (QED) is 0.188. The molecular weight excluding hydrogens is 753 g/mol. The van der Waals surface area contributed by atoms with E-state index in [1.165, 1.54) is 0 Å². The average Bonchev–Trinajstić information content (AvgIpc) is 4.11. The van der Waals surface area contributed by atoms with E-state index in [0.29, 0.717) is 5.84 Å². The van der Waals surface area contributed by atoms with Crippen LogP contribution in [0.3, 0.4) is 0 Å². The number of nitrogens with one attached hydrogen (secondary N) is 1. The largest absolute Gasteiger partial charge is 0.423 e. The lowest BCUT2D eigenvalue weighted by Gasteiger charge is -2.10. The second kappa shape index (κ2) is 12.8. The number of aromatic nitrogens is 7. The maximum atomic E-state index is 6.12. The summed E-state index contributed by atoms with van der Waals surface area (Å²) < 4.78 is 14.9. The third-order valence-electron chi connectivity index (χ3n) is 12.0. The minimum atomic E-state index is 0.582. The number of hydrogen-bond acceptors (Lipinski definition) is 4. The van der Waals surface area contributed by atoms with Crippen molar-refractivity contribution in [1.29, 1.82) is 0 Å². The molecule has 5 aromatic heterocycles. The molecule has 0 saturated carbocycles. The zero-order valence-electron chi connectivity index (χ0n) is 32.9. The summed E-state index contributed by atoms with van der Waals surface area (Å²) in [7, 11) is 2.05. The topological polar surface area (TPSA) is 85.7 Å². The van der Waals surface area contributed by atoms with Crippen molar-refractivity contribution in [2.45, 2.75) is 0 Å². The van der Waals surface area contributed by atoms with Crippen molar-refractivity contribution in [1.82, 2.24) is 32.9 Å². The molecular formula is C52H34N8O. The maximum Gasteiger partial charge on any atom is 0.307 e. The summed E-state index contributed by atoms with van der Waals surface area (Å²) in [5.41, 5.74) is 19.5. The minimum Gasteiger partial charge on any atom is -0.423 e. The van der Waals surface area contributed by atoms with Crippen LogP contribution < -0.4 is 5.62 Å². The van der Waals surface area contributed by atoms with Crippen LogP contribution in [0.1, 0.15) is 0 Å². The van der Waals surface area contributed by atoms with Crippen LogP contribution >= 0.6 is 0 Å². The van der Waals surface area contributed by atoms with Gasteiger partial charge in [-0.25, -0.2) is 9.98 Å². The Hall–Kier alpha value is -8.43. The first-order chi connectivity index (χ1) is 30.1. The molecule has 0 aliphatic heterocycles. The van der Waals surface area contributed by atoms with E-state index in [0.717, 1.165) is 111 Å². The van der Waals surface area contributed by atoms with E-state index >= 15 is 0 Å². The molecule has 0 aliphatic rings. The van der Waals surface area contributed by atoms with E-state index in [1.807, 2.05) is 54.6 Å². The van der Waals surface area contributed by atoms with E-state index in [4.69, 9.17) is 19.4 Å². The van der Waals surface area contributed by atoms with Crippen LogP contribution in [0.2, 0.25) is 0 Å². The third-order valence-corrected chi connectivity index (χ3v) is 12.0. The van der Waals surface area contributed by atoms with Crippen LogP contribution in [-0.4, -0.2) is 32.9 Å². The second-order valence-electron chi connectivity index (χ2n) is 15.6. The van der Waals surface area contributed by atoms with Gasteiger partial charge in [0, 0.05) is 7.05 Å². The van der Waals surface area contributed by atoms with Gasteiger partial charge >= 0.3 is 5.84 Å². The van der Waals surface area contributed by atoms with Gasteiger partial charge in [-0.15, -0.1) is 0 Å². The summed E-state index contributed by atoms with van der Waals surface area (Å²) in [6.45, 7) is 0. The van der Waals surface area contributed by atoms with Crippen LogP contribution in [0.25, 0.3) is 106 Å². The molecule has 13 aromatic rings. The standard InChI is InChI=1S/C52H34N8O/c1-57-46-29-36(21-24-41(46)54-50(57)53-38-15-3-2-4-16-38)34-13-9-11-32(27-34)33-12-10-14-35(28-33)37-22-26-44-48(30-37)59-43-18-6-5-17-40(43)55-51(59)58(44)39-23-25-42-47(31-39)60-45-19-7-8-20-49(45)61-52(60)56-42/h2-31H,1H3,(H,53,54). The highest BCUT2D eigenvalue weighted by molar-refractivity contribution is 5.96. The van der Waals surface area contributed by atoms with Crippen LogP contribution in [0.4, 0.5) is 5.69 Å². The molecule has 61 heavy (non-hydrogen) atoms. The Balaban J connectivity index is 0.908. The van der Waals surface area contributed by atoms with Gasteiger partial charge < -0.3 is 14.0 Å². The monoisotopic (exact) mass is 786 g/mol. The molecule has 9 heteroatoms. The summed E-state index contributed by atoms with van der Waals surface area (Å²) in [5.74, 6) is 1.43. The summed E-state index contributed by atoms with van der Waals surface area (Å²) in [6, 6.07) is 63.8. The summed E-state index contributed by atoms with van der Waals surface area (Å²) in [6.07, 6.45) is 0. The van der Waals surface area contributed by atoms with Crippen molar-refractivity contribution < 1.29 is 4.42 Å². The van der Waals surface area contributed by atoms with E-state index in [1.54, 1.807) is 0 Å². The lowest BCUT2D eigenvalue weighted by atomic mass is 9.96. The molecule has 288 valence electrons. The summed E-state index contributed by atoms with van der Waals surface area (Å²) in [5, 5.41) is 0. The van der Waals surface area contributed by atoms with Gasteiger partial charge in [0.2, 0.25) is 11.4 Å². The molecule has 1 N–H and O–H groups in total. The van der Waals surface area contributed by atoms with Gasteiger partial charge in [0.25, 0.3) is 0 Å². The molecule has 0 unspecified atom stereocenters. The lowest BCUT2D eigenvalue weighted by Crippen LogP contribution is -2.14. The Morgan fingerprint density at radius 1 is 0.475 bits per heavy atom. The third kappa shape index (κ3) is 5.17. The van der Waals surface area contributed by atoms with Crippen molar-refractivity contribution in [3.8, 4) is 39.1 Å². The van der Waals surface area contributed by atoms with Crippen LogP contribution in [-0.2, 0) is 7.05 Å². The number of benzene rings is 8. The van der Waals surface area contributed by atoms with E-state index in [-0.39, 0.29) is 0 Å². The van der Waals surface area contributed by atoms with Gasteiger partial charge in [-0.2, -0.15) is 4.98 Å². The van der Waals surface area contributed by atoms with Gasteiger partial charge in [-0.05, 0) is 124 Å². The second-order valence-corrected chi connectivity index (χ2v) is 15.6. The van der Waals surface area contributed by atoms with E-state index in [9.17, 15) is 0 Å². The molecule has 8 aromatic carbocycles. The SMILES string of the molecule is Cn1c(=Nc2ccccc2)[nH]c2ccc(-c3cccc(-c4cccc(-c5ccc6c(c5)n5c7ccccc7nc5n6-c5ccc6nc7oc8ccccc8n7c6c5)c4)c3)cc21. The highest BCUT2D eigenvalue weighted by Gasteiger charge is 2.20. The van der Waals surface area contributed by atoms with Crippen molar-refractivity contribution in [3.63, 3.8) is 0 Å². The number of oxazole rings is 1. The zero-order valence-corrected chi connectivity index (χ0v) is 32.9. The normalized spacial score (nSPS) is 12.4. The molecule has 0 atom stereocenters. The first-order valence-corrected chi connectivity index (χ1v) is 20.3. The first-order valence-electron chi connectivity index (χ1n) is 20.3. The van der Waals surface area contributed by atoms with Gasteiger partial charge in [-0.3, -0.25) is 13.4 Å². The zero-order chi connectivity index (χ0) is 40.2. The van der Waals surface area contributed by atoms with Crippen LogP contribution in [0, 0.1) is 0 Å². The van der Waals surface area contributed by atoms with Crippen LogP contribution in [0.5, 0.6) is 0 Å². The number of para-hydroxylation sites is 5. The predicted molar refractivity (Wildman–Crippen MR) is 244 cm³/mol. The Bertz CT molecular complexity index is 3970. The molecule has 0 bridgehead atoms. The van der Waals surface area contributed by atoms with Crippen molar-refractivity contribution >= 4 is 72.5 Å².